The third kappa shape index (κ3) is 1.91. The Morgan fingerprint density at radius 3 is 2.68 bits per heavy atom. The number of aryl methyl sites for hydroxylation is 1. The van der Waals surface area contributed by atoms with E-state index in [1.807, 2.05) is 18.2 Å². The van der Waals surface area contributed by atoms with Gasteiger partial charge in [0, 0.05) is 0 Å². The van der Waals surface area contributed by atoms with Gasteiger partial charge in [-0.3, -0.25) is 0 Å². The molecule has 3 rings (SSSR count). The molecular formula is C15H12N2O2. The molecule has 0 radical (unpaired) electrons. The number of nitrogens with zero attached hydrogens (tertiary/aromatic N) is 2. The summed E-state index contributed by atoms with van der Waals surface area (Å²) in [5, 5.41) is 9.17. The van der Waals surface area contributed by atoms with Gasteiger partial charge in [-0.2, -0.15) is 0 Å². The number of fused-ring (bicyclic) bond motifs is 2. The van der Waals surface area contributed by atoms with Crippen LogP contribution in [0.15, 0.2) is 36.4 Å². The molecule has 0 bridgehead atoms. The van der Waals surface area contributed by atoms with Gasteiger partial charge in [0.15, 0.2) is 0 Å². The maximum Gasteiger partial charge on any atom is 0.337 e. The summed E-state index contributed by atoms with van der Waals surface area (Å²) in [6.45, 7) is 2.08. The molecule has 2 aromatic carbocycles. The Morgan fingerprint density at radius 2 is 1.95 bits per heavy atom. The Balaban J connectivity index is 2.37. The second kappa shape index (κ2) is 4.31. The van der Waals surface area contributed by atoms with Gasteiger partial charge in [-0.25, -0.2) is 14.8 Å². The molecule has 94 valence electrons. The van der Waals surface area contributed by atoms with Crippen molar-refractivity contribution in [3.63, 3.8) is 0 Å². The summed E-state index contributed by atoms with van der Waals surface area (Å²) >= 11 is 0. The van der Waals surface area contributed by atoms with E-state index in [0.717, 1.165) is 17.5 Å². The van der Waals surface area contributed by atoms with Crippen LogP contribution in [0.25, 0.3) is 22.1 Å². The lowest BCUT2D eigenvalue weighted by molar-refractivity contribution is 0.0699. The van der Waals surface area contributed by atoms with E-state index in [0.29, 0.717) is 11.0 Å². The number of carbonyl (C=O) groups is 1. The summed E-state index contributed by atoms with van der Waals surface area (Å²) in [6, 6.07) is 10.9. The molecule has 0 amide bonds. The average Bonchev–Trinajstić information content (AvgIpc) is 2.43. The standard InChI is InChI=1S/C15H12N2O2/c1-2-9-6-7-11-13(8-9)16-12-5-3-4-10(15(18)19)14(12)17-11/h3-8H,2H2,1H3,(H,18,19). The summed E-state index contributed by atoms with van der Waals surface area (Å²) in [5.74, 6) is -0.982. The normalized spacial score (nSPS) is 11.0. The fraction of sp³-hybridized carbons (Fsp3) is 0.133. The third-order valence-corrected chi connectivity index (χ3v) is 3.17. The van der Waals surface area contributed by atoms with E-state index in [1.165, 1.54) is 5.56 Å². The van der Waals surface area contributed by atoms with Crippen LogP contribution in [0, 0.1) is 0 Å². The van der Waals surface area contributed by atoms with Crippen molar-refractivity contribution in [3.8, 4) is 0 Å². The SMILES string of the molecule is CCc1ccc2nc3c(C(=O)O)cccc3nc2c1. The molecule has 1 heterocycles. The first kappa shape index (κ1) is 11.6. The molecule has 0 atom stereocenters. The molecule has 4 nitrogen and oxygen atoms in total. The van der Waals surface area contributed by atoms with Crippen molar-refractivity contribution in [3.05, 3.63) is 47.5 Å². The van der Waals surface area contributed by atoms with Crippen LogP contribution < -0.4 is 0 Å². The third-order valence-electron chi connectivity index (χ3n) is 3.17. The number of carboxylic acids is 1. The van der Waals surface area contributed by atoms with Crippen LogP contribution >= 0.6 is 0 Å². The number of para-hydroxylation sites is 1. The lowest BCUT2D eigenvalue weighted by atomic mass is 10.1. The van der Waals surface area contributed by atoms with E-state index in [9.17, 15) is 4.79 Å². The maximum absolute atomic E-state index is 11.2. The zero-order valence-corrected chi connectivity index (χ0v) is 10.4. The largest absolute Gasteiger partial charge is 0.478 e. The monoisotopic (exact) mass is 252 g/mol. The Hall–Kier alpha value is -2.49. The van der Waals surface area contributed by atoms with Crippen molar-refractivity contribution >= 4 is 28.0 Å². The molecule has 0 aliphatic rings. The van der Waals surface area contributed by atoms with E-state index < -0.39 is 5.97 Å². The highest BCUT2D eigenvalue weighted by molar-refractivity contribution is 6.02. The fourth-order valence-corrected chi connectivity index (χ4v) is 2.13. The lowest BCUT2D eigenvalue weighted by Gasteiger charge is -2.05. The second-order valence-electron chi connectivity index (χ2n) is 4.38. The summed E-state index contributed by atoms with van der Waals surface area (Å²) in [7, 11) is 0. The maximum atomic E-state index is 11.2. The van der Waals surface area contributed by atoms with Crippen LogP contribution in [0.1, 0.15) is 22.8 Å². The minimum absolute atomic E-state index is 0.187. The Morgan fingerprint density at radius 1 is 1.11 bits per heavy atom. The summed E-state index contributed by atoms with van der Waals surface area (Å²) in [6.07, 6.45) is 0.935. The second-order valence-corrected chi connectivity index (χ2v) is 4.38. The van der Waals surface area contributed by atoms with Crippen LogP contribution in [-0.2, 0) is 6.42 Å². The van der Waals surface area contributed by atoms with Gasteiger partial charge in [-0.15, -0.1) is 0 Å². The van der Waals surface area contributed by atoms with Crippen LogP contribution in [0.5, 0.6) is 0 Å². The molecule has 1 aromatic heterocycles. The van der Waals surface area contributed by atoms with Gasteiger partial charge in [-0.05, 0) is 36.2 Å². The molecule has 0 aliphatic carbocycles. The molecule has 19 heavy (non-hydrogen) atoms. The van der Waals surface area contributed by atoms with Gasteiger partial charge >= 0.3 is 5.97 Å². The molecule has 4 heteroatoms. The van der Waals surface area contributed by atoms with Crippen molar-refractivity contribution < 1.29 is 9.90 Å². The van der Waals surface area contributed by atoms with Gasteiger partial charge in [0.05, 0.1) is 22.1 Å². The van der Waals surface area contributed by atoms with Crippen LogP contribution in [0.4, 0.5) is 0 Å². The number of rotatable bonds is 2. The van der Waals surface area contributed by atoms with E-state index in [-0.39, 0.29) is 5.56 Å². The van der Waals surface area contributed by atoms with Gasteiger partial charge in [-0.1, -0.05) is 19.1 Å². The predicted octanol–water partition coefficient (Wildman–Crippen LogP) is 3.04. The topological polar surface area (TPSA) is 63.1 Å². The van der Waals surface area contributed by atoms with Crippen molar-refractivity contribution in [2.24, 2.45) is 0 Å². The van der Waals surface area contributed by atoms with Crippen molar-refractivity contribution in [2.75, 3.05) is 0 Å². The van der Waals surface area contributed by atoms with Gasteiger partial charge in [0.2, 0.25) is 0 Å². The van der Waals surface area contributed by atoms with Crippen LogP contribution in [-0.4, -0.2) is 21.0 Å². The van der Waals surface area contributed by atoms with Crippen molar-refractivity contribution in [1.29, 1.82) is 0 Å². The molecule has 0 unspecified atom stereocenters. The van der Waals surface area contributed by atoms with Gasteiger partial charge in [0.25, 0.3) is 0 Å². The van der Waals surface area contributed by atoms with E-state index >= 15 is 0 Å². The number of benzene rings is 2. The highest BCUT2D eigenvalue weighted by atomic mass is 16.4. The molecule has 1 N–H and O–H groups in total. The zero-order chi connectivity index (χ0) is 13.4. The number of hydrogen-bond acceptors (Lipinski definition) is 3. The molecule has 0 saturated heterocycles. The highest BCUT2D eigenvalue weighted by Gasteiger charge is 2.11. The molecular weight excluding hydrogens is 240 g/mol. The van der Waals surface area contributed by atoms with E-state index in [4.69, 9.17) is 5.11 Å². The zero-order valence-electron chi connectivity index (χ0n) is 10.4. The lowest BCUT2D eigenvalue weighted by Crippen LogP contribution is -2.00. The number of carboxylic acid groups (broad SMARTS) is 1. The van der Waals surface area contributed by atoms with Gasteiger partial charge in [0.1, 0.15) is 5.52 Å². The minimum Gasteiger partial charge on any atom is -0.478 e. The molecule has 0 saturated carbocycles. The Kier molecular flexibility index (Phi) is 2.63. The smallest absolute Gasteiger partial charge is 0.337 e. The first-order valence-corrected chi connectivity index (χ1v) is 6.11. The quantitative estimate of drug-likeness (QED) is 0.712. The number of aromatic carboxylic acids is 1. The summed E-state index contributed by atoms with van der Waals surface area (Å²) < 4.78 is 0. The molecule has 0 spiro atoms. The van der Waals surface area contributed by atoms with Crippen LogP contribution in [0.2, 0.25) is 0 Å². The first-order chi connectivity index (χ1) is 9.19. The minimum atomic E-state index is -0.982. The summed E-state index contributed by atoms with van der Waals surface area (Å²) in [5.41, 5.74) is 3.95. The van der Waals surface area contributed by atoms with Crippen molar-refractivity contribution in [1.82, 2.24) is 9.97 Å². The van der Waals surface area contributed by atoms with Crippen molar-refractivity contribution in [2.45, 2.75) is 13.3 Å². The molecule has 0 fully saturated rings. The predicted molar refractivity (Wildman–Crippen MR) is 73.4 cm³/mol. The fourth-order valence-electron chi connectivity index (χ4n) is 2.13. The first-order valence-electron chi connectivity index (χ1n) is 6.11. The van der Waals surface area contributed by atoms with E-state index in [2.05, 4.69) is 16.9 Å². The highest BCUT2D eigenvalue weighted by Crippen LogP contribution is 2.20. The number of aromatic nitrogens is 2. The Bertz CT molecular complexity index is 797. The average molecular weight is 252 g/mol. The number of hydrogen-bond donors (Lipinski definition) is 1. The Labute approximate surface area is 109 Å². The molecule has 3 aromatic rings. The van der Waals surface area contributed by atoms with Gasteiger partial charge < -0.3 is 5.11 Å². The van der Waals surface area contributed by atoms with E-state index in [1.54, 1.807) is 18.2 Å². The molecule has 0 aliphatic heterocycles. The van der Waals surface area contributed by atoms with Crippen LogP contribution in [0.3, 0.4) is 0 Å². The summed E-state index contributed by atoms with van der Waals surface area (Å²) in [4.78, 5) is 20.1.